The summed E-state index contributed by atoms with van der Waals surface area (Å²) in [5.41, 5.74) is 0. The molecule has 0 aliphatic carbocycles. The van der Waals surface area contributed by atoms with Crippen molar-refractivity contribution in [2.45, 2.75) is 13.5 Å². The average Bonchev–Trinajstić information content (AvgIpc) is 2.15. The maximum Gasteiger partial charge on any atom is 0.151 e. The SMILES string of the molecule is CC(=O)Cn1c[c]cn1. The number of ketones is 1. The highest BCUT2D eigenvalue weighted by molar-refractivity contribution is 5.75. The zero-order valence-corrected chi connectivity index (χ0v) is 5.16. The van der Waals surface area contributed by atoms with Crippen LogP contribution in [0.4, 0.5) is 0 Å². The lowest BCUT2D eigenvalue weighted by atomic mass is 10.4. The standard InChI is InChI=1S/C6H7N2O/c1-6(9)5-8-4-2-3-7-8/h3-4H,5H2,1H3. The summed E-state index contributed by atoms with van der Waals surface area (Å²) in [5.74, 6) is 0.104. The fraction of sp³-hybridized carbons (Fsp3) is 0.333. The summed E-state index contributed by atoms with van der Waals surface area (Å²) < 4.78 is 1.54. The molecule has 1 aromatic rings. The van der Waals surface area contributed by atoms with E-state index in [9.17, 15) is 4.79 Å². The van der Waals surface area contributed by atoms with Crippen molar-refractivity contribution >= 4 is 5.78 Å². The number of carbonyl (C=O) groups excluding carboxylic acids is 1. The molecule has 0 saturated heterocycles. The van der Waals surface area contributed by atoms with Gasteiger partial charge in [-0.1, -0.05) is 0 Å². The van der Waals surface area contributed by atoms with Gasteiger partial charge < -0.3 is 0 Å². The number of hydrogen-bond donors (Lipinski definition) is 0. The van der Waals surface area contributed by atoms with Gasteiger partial charge in [0.2, 0.25) is 0 Å². The second-order valence-electron chi connectivity index (χ2n) is 1.84. The van der Waals surface area contributed by atoms with Gasteiger partial charge in [0.05, 0.1) is 12.7 Å². The van der Waals surface area contributed by atoms with Gasteiger partial charge in [0.15, 0.2) is 5.78 Å². The van der Waals surface area contributed by atoms with E-state index in [0.717, 1.165) is 0 Å². The Morgan fingerprint density at radius 1 is 1.89 bits per heavy atom. The maximum absolute atomic E-state index is 10.4. The Balaban J connectivity index is 2.58. The molecule has 0 amide bonds. The predicted octanol–water partition coefficient (Wildman–Crippen LogP) is 0.272. The Bertz CT molecular complexity index is 191. The molecule has 0 aromatic carbocycles. The van der Waals surface area contributed by atoms with E-state index < -0.39 is 0 Å². The van der Waals surface area contributed by atoms with Crippen LogP contribution in [0.25, 0.3) is 0 Å². The maximum atomic E-state index is 10.4. The van der Waals surface area contributed by atoms with Crippen LogP contribution in [0.15, 0.2) is 12.4 Å². The molecule has 0 fully saturated rings. The molecule has 0 aliphatic rings. The van der Waals surface area contributed by atoms with E-state index in [1.807, 2.05) is 0 Å². The quantitative estimate of drug-likeness (QED) is 0.565. The van der Waals surface area contributed by atoms with Crippen molar-refractivity contribution in [3.05, 3.63) is 18.5 Å². The van der Waals surface area contributed by atoms with Crippen LogP contribution in [0.5, 0.6) is 0 Å². The van der Waals surface area contributed by atoms with E-state index in [1.165, 1.54) is 13.1 Å². The first-order chi connectivity index (χ1) is 4.29. The summed E-state index contributed by atoms with van der Waals surface area (Å²) in [6.07, 6.45) is 3.17. The Kier molecular flexibility index (Phi) is 1.63. The molecule has 0 aliphatic heterocycles. The van der Waals surface area contributed by atoms with Gasteiger partial charge in [0, 0.05) is 12.3 Å². The van der Waals surface area contributed by atoms with Gasteiger partial charge in [-0.25, -0.2) is 0 Å². The van der Waals surface area contributed by atoms with Crippen LogP contribution in [0.2, 0.25) is 0 Å². The third-order valence-corrected chi connectivity index (χ3v) is 0.889. The molecule has 0 atom stereocenters. The Hall–Kier alpha value is -1.12. The van der Waals surface area contributed by atoms with Gasteiger partial charge in [0.25, 0.3) is 0 Å². The molecule has 3 heteroatoms. The zero-order chi connectivity index (χ0) is 6.69. The number of aromatic nitrogens is 2. The summed E-state index contributed by atoms with van der Waals surface area (Å²) in [6, 6.07) is 2.73. The first-order valence-corrected chi connectivity index (χ1v) is 2.67. The highest BCUT2D eigenvalue weighted by Gasteiger charge is 1.92. The topological polar surface area (TPSA) is 34.9 Å². The van der Waals surface area contributed by atoms with E-state index in [0.29, 0.717) is 6.54 Å². The van der Waals surface area contributed by atoms with Gasteiger partial charge in [-0.2, -0.15) is 5.10 Å². The van der Waals surface area contributed by atoms with Crippen LogP contribution in [-0.4, -0.2) is 15.6 Å². The van der Waals surface area contributed by atoms with Crippen molar-refractivity contribution in [1.82, 2.24) is 9.78 Å². The van der Waals surface area contributed by atoms with Crippen molar-refractivity contribution in [2.24, 2.45) is 0 Å². The van der Waals surface area contributed by atoms with Crippen LogP contribution < -0.4 is 0 Å². The summed E-state index contributed by atoms with van der Waals surface area (Å²) in [7, 11) is 0. The fourth-order valence-electron chi connectivity index (χ4n) is 0.575. The molecule has 47 valence electrons. The van der Waals surface area contributed by atoms with E-state index >= 15 is 0 Å². The second kappa shape index (κ2) is 2.44. The molecule has 1 heterocycles. The molecule has 1 rings (SSSR count). The van der Waals surface area contributed by atoms with Gasteiger partial charge in [-0.05, 0) is 6.92 Å². The Labute approximate surface area is 53.3 Å². The van der Waals surface area contributed by atoms with Crippen molar-refractivity contribution in [2.75, 3.05) is 0 Å². The molecule has 1 aromatic heterocycles. The molecule has 0 N–H and O–H groups in total. The number of nitrogens with zero attached hydrogens (tertiary/aromatic N) is 2. The van der Waals surface area contributed by atoms with Gasteiger partial charge >= 0.3 is 0 Å². The monoisotopic (exact) mass is 123 g/mol. The van der Waals surface area contributed by atoms with Crippen LogP contribution in [0, 0.1) is 6.07 Å². The minimum absolute atomic E-state index is 0.104. The third kappa shape index (κ3) is 1.68. The van der Waals surface area contributed by atoms with Crippen LogP contribution in [0.1, 0.15) is 6.92 Å². The largest absolute Gasteiger partial charge is 0.298 e. The van der Waals surface area contributed by atoms with Crippen LogP contribution in [-0.2, 0) is 11.3 Å². The fourth-order valence-corrected chi connectivity index (χ4v) is 0.575. The van der Waals surface area contributed by atoms with E-state index in [4.69, 9.17) is 0 Å². The summed E-state index contributed by atoms with van der Waals surface area (Å²) in [4.78, 5) is 10.4. The van der Waals surface area contributed by atoms with Gasteiger partial charge in [0.1, 0.15) is 0 Å². The van der Waals surface area contributed by atoms with Crippen molar-refractivity contribution in [1.29, 1.82) is 0 Å². The zero-order valence-electron chi connectivity index (χ0n) is 5.16. The van der Waals surface area contributed by atoms with Crippen LogP contribution >= 0.6 is 0 Å². The summed E-state index contributed by atoms with van der Waals surface area (Å²) >= 11 is 0. The minimum Gasteiger partial charge on any atom is -0.298 e. The molecule has 1 radical (unpaired) electrons. The molecule has 0 bridgehead atoms. The number of rotatable bonds is 2. The average molecular weight is 123 g/mol. The molecular formula is C6H7N2O. The van der Waals surface area contributed by atoms with Crippen LogP contribution in [0.3, 0.4) is 0 Å². The van der Waals surface area contributed by atoms with Crippen molar-refractivity contribution < 1.29 is 4.79 Å². The van der Waals surface area contributed by atoms with Crippen molar-refractivity contribution in [3.8, 4) is 0 Å². The lowest BCUT2D eigenvalue weighted by molar-refractivity contribution is -0.117. The molecule has 3 nitrogen and oxygen atoms in total. The summed E-state index contributed by atoms with van der Waals surface area (Å²) in [5, 5.41) is 3.80. The van der Waals surface area contributed by atoms with E-state index in [-0.39, 0.29) is 5.78 Å². The molecular weight excluding hydrogens is 116 g/mol. The molecule has 0 saturated carbocycles. The number of Topliss-reactive ketones (excluding diaryl/α,β-unsaturated/α-hetero) is 1. The normalized spacial score (nSPS) is 9.44. The highest BCUT2D eigenvalue weighted by atomic mass is 16.1. The van der Waals surface area contributed by atoms with Crippen molar-refractivity contribution in [3.63, 3.8) is 0 Å². The molecule has 9 heavy (non-hydrogen) atoms. The van der Waals surface area contributed by atoms with E-state index in [1.54, 1.807) is 10.9 Å². The predicted molar refractivity (Wildman–Crippen MR) is 31.7 cm³/mol. The Morgan fingerprint density at radius 3 is 3.11 bits per heavy atom. The second-order valence-corrected chi connectivity index (χ2v) is 1.84. The minimum atomic E-state index is 0.104. The number of hydrogen-bond acceptors (Lipinski definition) is 2. The Morgan fingerprint density at radius 2 is 2.67 bits per heavy atom. The van der Waals surface area contributed by atoms with Gasteiger partial charge in [-0.3, -0.25) is 9.48 Å². The first kappa shape index (κ1) is 6.01. The summed E-state index contributed by atoms with van der Waals surface area (Å²) in [6.45, 7) is 1.88. The van der Waals surface area contributed by atoms with Gasteiger partial charge in [-0.15, -0.1) is 0 Å². The highest BCUT2D eigenvalue weighted by Crippen LogP contribution is 1.82. The molecule has 0 spiro atoms. The van der Waals surface area contributed by atoms with E-state index in [2.05, 4.69) is 11.2 Å². The first-order valence-electron chi connectivity index (χ1n) is 2.67. The third-order valence-electron chi connectivity index (χ3n) is 0.889. The lowest BCUT2D eigenvalue weighted by Gasteiger charge is -1.92. The smallest absolute Gasteiger partial charge is 0.151 e. The number of carbonyl (C=O) groups is 1. The molecule has 0 unspecified atom stereocenters. The lowest BCUT2D eigenvalue weighted by Crippen LogP contribution is -2.05.